The Bertz CT molecular complexity index is 683. The standard InChI is InChI=1S/C16H17BrN2O2S/c1-3-12-4-5-14(13(17)8-12)21-10-16(20)19-18-9-15-11(2)6-7-22-15/h4-9H,3,10H2,1-2H3,(H,19,20). The zero-order valence-corrected chi connectivity index (χ0v) is 14.8. The number of benzene rings is 1. The number of nitrogens with zero attached hydrogens (tertiary/aromatic N) is 1. The minimum atomic E-state index is -0.295. The minimum Gasteiger partial charge on any atom is -0.483 e. The van der Waals surface area contributed by atoms with Crippen LogP contribution in [0.25, 0.3) is 0 Å². The highest BCUT2D eigenvalue weighted by atomic mass is 79.9. The highest BCUT2D eigenvalue weighted by Crippen LogP contribution is 2.26. The molecule has 0 aliphatic heterocycles. The van der Waals surface area contributed by atoms with E-state index in [9.17, 15) is 4.79 Å². The number of aryl methyl sites for hydroxylation is 2. The first-order valence-electron chi connectivity index (χ1n) is 6.87. The summed E-state index contributed by atoms with van der Waals surface area (Å²) >= 11 is 5.02. The third-order valence-corrected chi connectivity index (χ3v) is 4.61. The van der Waals surface area contributed by atoms with Crippen LogP contribution in [-0.2, 0) is 11.2 Å². The number of carbonyl (C=O) groups is 1. The van der Waals surface area contributed by atoms with E-state index >= 15 is 0 Å². The fourth-order valence-corrected chi connectivity index (χ4v) is 3.06. The van der Waals surface area contributed by atoms with Crippen molar-refractivity contribution in [1.29, 1.82) is 0 Å². The van der Waals surface area contributed by atoms with Crippen LogP contribution in [-0.4, -0.2) is 18.7 Å². The molecule has 0 spiro atoms. The van der Waals surface area contributed by atoms with Crippen LogP contribution in [0.1, 0.15) is 22.9 Å². The predicted octanol–water partition coefficient (Wildman–Crippen LogP) is 3.91. The lowest BCUT2D eigenvalue weighted by atomic mass is 10.2. The summed E-state index contributed by atoms with van der Waals surface area (Å²) in [5.41, 5.74) is 4.80. The van der Waals surface area contributed by atoms with E-state index in [2.05, 4.69) is 33.4 Å². The zero-order valence-electron chi connectivity index (χ0n) is 12.4. The predicted molar refractivity (Wildman–Crippen MR) is 93.8 cm³/mol. The first-order valence-corrected chi connectivity index (χ1v) is 8.54. The normalized spacial score (nSPS) is 10.9. The van der Waals surface area contributed by atoms with Crippen LogP contribution in [0.4, 0.5) is 0 Å². The van der Waals surface area contributed by atoms with E-state index in [1.54, 1.807) is 17.6 Å². The quantitative estimate of drug-likeness (QED) is 0.609. The molecule has 1 heterocycles. The Morgan fingerprint density at radius 3 is 2.91 bits per heavy atom. The van der Waals surface area contributed by atoms with Crippen molar-refractivity contribution < 1.29 is 9.53 Å². The first-order chi connectivity index (χ1) is 10.6. The molecule has 0 radical (unpaired) electrons. The number of thiophene rings is 1. The van der Waals surface area contributed by atoms with E-state index in [1.165, 1.54) is 5.56 Å². The molecule has 4 nitrogen and oxygen atoms in total. The number of rotatable bonds is 6. The number of amides is 1. The fraction of sp³-hybridized carbons (Fsp3) is 0.250. The van der Waals surface area contributed by atoms with Crippen molar-refractivity contribution in [3.8, 4) is 5.75 Å². The highest BCUT2D eigenvalue weighted by Gasteiger charge is 2.05. The third-order valence-electron chi connectivity index (χ3n) is 3.04. The van der Waals surface area contributed by atoms with Crippen molar-refractivity contribution >= 4 is 39.4 Å². The molecule has 2 aromatic rings. The molecule has 1 aromatic carbocycles. The van der Waals surface area contributed by atoms with E-state index < -0.39 is 0 Å². The minimum absolute atomic E-state index is 0.0785. The van der Waals surface area contributed by atoms with Crippen LogP contribution in [0.2, 0.25) is 0 Å². The second kappa shape index (κ2) is 8.10. The number of hydrogen-bond donors (Lipinski definition) is 1. The summed E-state index contributed by atoms with van der Waals surface area (Å²) in [7, 11) is 0. The lowest BCUT2D eigenvalue weighted by Gasteiger charge is -2.08. The van der Waals surface area contributed by atoms with E-state index in [0.29, 0.717) is 5.75 Å². The smallest absolute Gasteiger partial charge is 0.277 e. The van der Waals surface area contributed by atoms with Gasteiger partial charge in [-0.05, 0) is 64.0 Å². The molecule has 0 atom stereocenters. The van der Waals surface area contributed by atoms with Gasteiger partial charge in [-0.25, -0.2) is 5.43 Å². The van der Waals surface area contributed by atoms with Gasteiger partial charge in [0.15, 0.2) is 6.61 Å². The summed E-state index contributed by atoms with van der Waals surface area (Å²) in [6, 6.07) is 7.84. The van der Waals surface area contributed by atoms with Gasteiger partial charge in [-0.3, -0.25) is 4.79 Å². The molecule has 1 aromatic heterocycles. The number of hydrogen-bond acceptors (Lipinski definition) is 4. The zero-order chi connectivity index (χ0) is 15.9. The molecule has 0 fully saturated rings. The molecule has 2 rings (SSSR count). The van der Waals surface area contributed by atoms with Gasteiger partial charge in [0.25, 0.3) is 5.91 Å². The van der Waals surface area contributed by atoms with Crippen molar-refractivity contribution in [2.75, 3.05) is 6.61 Å². The average Bonchev–Trinajstić information content (AvgIpc) is 2.91. The van der Waals surface area contributed by atoms with Crippen LogP contribution >= 0.6 is 27.3 Å². The maximum atomic E-state index is 11.7. The Balaban J connectivity index is 1.83. The molecule has 1 N–H and O–H groups in total. The summed E-state index contributed by atoms with van der Waals surface area (Å²) in [6.07, 6.45) is 2.60. The van der Waals surface area contributed by atoms with Crippen molar-refractivity contribution in [3.05, 3.63) is 50.1 Å². The topological polar surface area (TPSA) is 50.7 Å². The number of ether oxygens (including phenoxy) is 1. The molecule has 6 heteroatoms. The summed E-state index contributed by atoms with van der Waals surface area (Å²) < 4.78 is 6.32. The summed E-state index contributed by atoms with van der Waals surface area (Å²) in [5, 5.41) is 5.92. The van der Waals surface area contributed by atoms with Gasteiger partial charge in [0, 0.05) is 4.88 Å². The molecule has 0 saturated carbocycles. The second-order valence-corrected chi connectivity index (χ2v) is 6.47. The largest absolute Gasteiger partial charge is 0.483 e. The molecule has 0 aliphatic carbocycles. The van der Waals surface area contributed by atoms with E-state index in [4.69, 9.17) is 4.74 Å². The number of carbonyl (C=O) groups excluding carboxylic acids is 1. The summed E-state index contributed by atoms with van der Waals surface area (Å²) in [6.45, 7) is 4.01. The first kappa shape index (κ1) is 16.7. The van der Waals surface area contributed by atoms with Crippen molar-refractivity contribution in [2.24, 2.45) is 5.10 Å². The van der Waals surface area contributed by atoms with Gasteiger partial charge in [0.05, 0.1) is 10.7 Å². The van der Waals surface area contributed by atoms with E-state index in [0.717, 1.165) is 21.3 Å². The Morgan fingerprint density at radius 1 is 1.45 bits per heavy atom. The fourth-order valence-electron chi connectivity index (χ4n) is 1.74. The van der Waals surface area contributed by atoms with Crippen molar-refractivity contribution in [3.63, 3.8) is 0 Å². The monoisotopic (exact) mass is 380 g/mol. The summed E-state index contributed by atoms with van der Waals surface area (Å²) in [5.74, 6) is 0.349. The average molecular weight is 381 g/mol. The molecule has 0 bridgehead atoms. The second-order valence-electron chi connectivity index (χ2n) is 4.67. The molecule has 22 heavy (non-hydrogen) atoms. The Kier molecular flexibility index (Phi) is 6.15. The molecular formula is C16H17BrN2O2S. The van der Waals surface area contributed by atoms with Crippen molar-refractivity contribution in [2.45, 2.75) is 20.3 Å². The van der Waals surface area contributed by atoms with Crippen LogP contribution in [0, 0.1) is 6.92 Å². The number of nitrogens with one attached hydrogen (secondary N) is 1. The van der Waals surface area contributed by atoms with E-state index in [-0.39, 0.29) is 12.5 Å². The maximum absolute atomic E-state index is 11.7. The van der Waals surface area contributed by atoms with Crippen LogP contribution in [0.3, 0.4) is 0 Å². The highest BCUT2D eigenvalue weighted by molar-refractivity contribution is 9.10. The Hall–Kier alpha value is -1.66. The van der Waals surface area contributed by atoms with Gasteiger partial charge in [0.1, 0.15) is 5.75 Å². The van der Waals surface area contributed by atoms with Crippen molar-refractivity contribution in [1.82, 2.24) is 5.43 Å². The maximum Gasteiger partial charge on any atom is 0.277 e. The summed E-state index contributed by atoms with van der Waals surface area (Å²) in [4.78, 5) is 12.7. The molecule has 0 saturated heterocycles. The van der Waals surface area contributed by atoms with Gasteiger partial charge in [-0.15, -0.1) is 11.3 Å². The van der Waals surface area contributed by atoms with Crippen LogP contribution < -0.4 is 10.2 Å². The lowest BCUT2D eigenvalue weighted by Crippen LogP contribution is -2.24. The molecule has 0 unspecified atom stereocenters. The van der Waals surface area contributed by atoms with Gasteiger partial charge < -0.3 is 4.74 Å². The molecule has 1 amide bonds. The molecular weight excluding hydrogens is 364 g/mol. The lowest BCUT2D eigenvalue weighted by molar-refractivity contribution is -0.123. The Labute approximate surface area is 142 Å². The third kappa shape index (κ3) is 4.68. The van der Waals surface area contributed by atoms with Gasteiger partial charge in [0.2, 0.25) is 0 Å². The van der Waals surface area contributed by atoms with Crippen LogP contribution in [0.15, 0.2) is 39.2 Å². The van der Waals surface area contributed by atoms with Crippen LogP contribution in [0.5, 0.6) is 5.75 Å². The molecule has 0 aliphatic rings. The SMILES string of the molecule is CCc1ccc(OCC(=O)NN=Cc2sccc2C)c(Br)c1. The van der Waals surface area contributed by atoms with E-state index in [1.807, 2.05) is 36.6 Å². The number of halogens is 1. The van der Waals surface area contributed by atoms with Gasteiger partial charge >= 0.3 is 0 Å². The Morgan fingerprint density at radius 2 is 2.27 bits per heavy atom. The molecule has 116 valence electrons. The number of hydrazone groups is 1. The van der Waals surface area contributed by atoms with Gasteiger partial charge in [-0.2, -0.15) is 5.10 Å². The van der Waals surface area contributed by atoms with Gasteiger partial charge in [-0.1, -0.05) is 13.0 Å².